The van der Waals surface area contributed by atoms with E-state index in [9.17, 15) is 4.79 Å². The number of carbonyl (C=O) groups excluding carboxylic acids is 1. The number of benzene rings is 1. The number of aromatic nitrogens is 4. The Hall–Kier alpha value is -3.13. The molecule has 0 bridgehead atoms. The van der Waals surface area contributed by atoms with Gasteiger partial charge in [-0.25, -0.2) is 4.68 Å². The monoisotopic (exact) mass is 383 g/mol. The number of anilines is 3. The lowest BCUT2D eigenvalue weighted by atomic mass is 10.1. The van der Waals surface area contributed by atoms with Crippen LogP contribution < -0.4 is 15.5 Å². The van der Waals surface area contributed by atoms with Crippen molar-refractivity contribution in [2.24, 2.45) is 0 Å². The second-order valence-electron chi connectivity index (χ2n) is 6.35. The average molecular weight is 384 g/mol. The summed E-state index contributed by atoms with van der Waals surface area (Å²) in [6.07, 6.45) is 0. The minimum Gasteiger partial charge on any atom is -0.365 e. The molecule has 1 aromatic carbocycles. The molecule has 1 amide bonds. The summed E-state index contributed by atoms with van der Waals surface area (Å²) in [5.41, 5.74) is 5.52. The van der Waals surface area contributed by atoms with Crippen LogP contribution in [0.1, 0.15) is 21.9 Å². The van der Waals surface area contributed by atoms with Gasteiger partial charge in [-0.05, 0) is 25.1 Å². The lowest BCUT2D eigenvalue weighted by Gasteiger charge is -2.30. The lowest BCUT2D eigenvalue weighted by molar-refractivity contribution is 0.0958. The number of hydrogen-bond acceptors (Lipinski definition) is 6. The molecule has 138 valence electrons. The largest absolute Gasteiger partial charge is 0.365 e. The third-order valence-corrected chi connectivity index (χ3v) is 4.59. The van der Waals surface area contributed by atoms with Crippen LogP contribution in [-0.4, -0.2) is 40.0 Å². The second-order valence-corrected chi connectivity index (χ2v) is 6.74. The summed E-state index contributed by atoms with van der Waals surface area (Å²) in [4.78, 5) is 14.3. The maximum atomic E-state index is 12.1. The molecule has 0 aliphatic carbocycles. The Morgan fingerprint density at radius 1 is 1.22 bits per heavy atom. The van der Waals surface area contributed by atoms with Gasteiger partial charge in [-0.2, -0.15) is 5.10 Å². The average Bonchev–Trinajstić information content (AvgIpc) is 3.01. The van der Waals surface area contributed by atoms with Crippen LogP contribution in [0.15, 0.2) is 30.3 Å². The van der Waals surface area contributed by atoms with E-state index in [2.05, 4.69) is 36.9 Å². The summed E-state index contributed by atoms with van der Waals surface area (Å²) in [5.74, 6) is -0.343. The third kappa shape index (κ3) is 2.97. The molecule has 9 heteroatoms. The lowest BCUT2D eigenvalue weighted by Crippen LogP contribution is -2.27. The van der Waals surface area contributed by atoms with Gasteiger partial charge in [-0.15, -0.1) is 10.2 Å². The fourth-order valence-electron chi connectivity index (χ4n) is 3.30. The van der Waals surface area contributed by atoms with Crippen molar-refractivity contribution in [1.82, 2.24) is 25.3 Å². The smallest absolute Gasteiger partial charge is 0.273 e. The highest BCUT2D eigenvalue weighted by Crippen LogP contribution is 2.39. The molecule has 3 aromatic rings. The minimum absolute atomic E-state index is 0.175. The number of halogens is 1. The minimum atomic E-state index is -0.343. The first-order valence-electron chi connectivity index (χ1n) is 8.40. The summed E-state index contributed by atoms with van der Waals surface area (Å²) in [6.45, 7) is 2.71. The number of fused-ring (bicyclic) bond motifs is 3. The molecule has 0 saturated heterocycles. The van der Waals surface area contributed by atoms with Crippen molar-refractivity contribution in [2.45, 2.75) is 13.5 Å². The maximum absolute atomic E-state index is 12.1. The van der Waals surface area contributed by atoms with Crippen LogP contribution in [0.2, 0.25) is 5.15 Å². The van der Waals surface area contributed by atoms with Gasteiger partial charge >= 0.3 is 0 Å². The summed E-state index contributed by atoms with van der Waals surface area (Å²) >= 11 is 6.00. The van der Waals surface area contributed by atoms with E-state index in [0.717, 1.165) is 35.0 Å². The normalized spacial score (nSPS) is 12.4. The second kappa shape index (κ2) is 6.55. The van der Waals surface area contributed by atoms with Crippen LogP contribution in [0.4, 0.5) is 17.1 Å². The first-order chi connectivity index (χ1) is 13.0. The maximum Gasteiger partial charge on any atom is 0.273 e. The number of nitrogens with zero attached hydrogens (tertiary/aromatic N) is 5. The molecule has 27 heavy (non-hydrogen) atoms. The Kier molecular flexibility index (Phi) is 4.19. The van der Waals surface area contributed by atoms with E-state index in [4.69, 9.17) is 11.6 Å². The van der Waals surface area contributed by atoms with E-state index >= 15 is 0 Å². The zero-order valence-electron chi connectivity index (χ0n) is 15.1. The number of nitrogens with one attached hydrogen (secondary N) is 2. The van der Waals surface area contributed by atoms with Crippen molar-refractivity contribution in [3.63, 3.8) is 0 Å². The van der Waals surface area contributed by atoms with E-state index in [-0.39, 0.29) is 16.8 Å². The highest BCUT2D eigenvalue weighted by atomic mass is 35.5. The molecule has 0 atom stereocenters. The van der Waals surface area contributed by atoms with Crippen molar-refractivity contribution >= 4 is 34.6 Å². The van der Waals surface area contributed by atoms with Crippen molar-refractivity contribution in [3.05, 3.63) is 52.6 Å². The van der Waals surface area contributed by atoms with Gasteiger partial charge in [-0.3, -0.25) is 4.79 Å². The number of amides is 1. The van der Waals surface area contributed by atoms with E-state index in [1.54, 1.807) is 13.1 Å². The van der Waals surface area contributed by atoms with Gasteiger partial charge < -0.3 is 15.5 Å². The molecule has 3 heterocycles. The first-order valence-corrected chi connectivity index (χ1v) is 8.78. The molecule has 4 rings (SSSR count). The van der Waals surface area contributed by atoms with Crippen molar-refractivity contribution in [3.8, 4) is 5.69 Å². The molecule has 0 saturated carbocycles. The Bertz CT molecular complexity index is 1050. The SMILES string of the molecule is CNC(=O)c1nnc(Cl)cc1Nc1cccc2c1N(C)Cc1cc(C)nn1-2. The fraction of sp³-hybridized carbons (Fsp3) is 0.222. The van der Waals surface area contributed by atoms with Gasteiger partial charge in [0, 0.05) is 20.2 Å². The Morgan fingerprint density at radius 2 is 2.04 bits per heavy atom. The molecule has 0 fully saturated rings. The highest BCUT2D eigenvalue weighted by molar-refractivity contribution is 6.29. The summed E-state index contributed by atoms with van der Waals surface area (Å²) in [7, 11) is 3.56. The van der Waals surface area contributed by atoms with E-state index in [0.29, 0.717) is 5.69 Å². The highest BCUT2D eigenvalue weighted by Gasteiger charge is 2.24. The summed E-state index contributed by atoms with van der Waals surface area (Å²) in [6, 6.07) is 9.57. The fourth-order valence-corrected chi connectivity index (χ4v) is 3.44. The van der Waals surface area contributed by atoms with Crippen LogP contribution in [0.25, 0.3) is 5.69 Å². The van der Waals surface area contributed by atoms with Crippen LogP contribution in [-0.2, 0) is 6.54 Å². The third-order valence-electron chi connectivity index (χ3n) is 4.40. The van der Waals surface area contributed by atoms with Gasteiger partial charge in [-0.1, -0.05) is 17.7 Å². The van der Waals surface area contributed by atoms with Crippen LogP contribution in [0, 0.1) is 6.92 Å². The van der Waals surface area contributed by atoms with Crippen LogP contribution in [0.5, 0.6) is 0 Å². The Labute approximate surface area is 161 Å². The first kappa shape index (κ1) is 17.3. The van der Waals surface area contributed by atoms with Crippen molar-refractivity contribution in [1.29, 1.82) is 0 Å². The molecule has 0 radical (unpaired) electrons. The van der Waals surface area contributed by atoms with Gasteiger partial charge in [0.1, 0.15) is 0 Å². The number of carbonyl (C=O) groups is 1. The molecule has 8 nitrogen and oxygen atoms in total. The zero-order chi connectivity index (χ0) is 19.1. The predicted octanol–water partition coefficient (Wildman–Crippen LogP) is 2.68. The van der Waals surface area contributed by atoms with E-state index in [1.165, 1.54) is 0 Å². The molecule has 1 aliphatic heterocycles. The molecule has 1 aliphatic rings. The van der Waals surface area contributed by atoms with Gasteiger partial charge in [0.05, 0.1) is 40.7 Å². The van der Waals surface area contributed by atoms with Gasteiger partial charge in [0.15, 0.2) is 10.8 Å². The summed E-state index contributed by atoms with van der Waals surface area (Å²) < 4.78 is 1.95. The van der Waals surface area contributed by atoms with Crippen LogP contribution >= 0.6 is 11.6 Å². The molecule has 0 unspecified atom stereocenters. The van der Waals surface area contributed by atoms with Crippen LogP contribution in [0.3, 0.4) is 0 Å². The van der Waals surface area contributed by atoms with E-state index in [1.807, 2.05) is 36.9 Å². The quantitative estimate of drug-likeness (QED) is 0.723. The van der Waals surface area contributed by atoms with Crippen molar-refractivity contribution < 1.29 is 4.79 Å². The molecule has 2 N–H and O–H groups in total. The Balaban J connectivity index is 1.82. The van der Waals surface area contributed by atoms with E-state index < -0.39 is 0 Å². The topological polar surface area (TPSA) is 88.0 Å². The number of rotatable bonds is 3. The van der Waals surface area contributed by atoms with Crippen molar-refractivity contribution in [2.75, 3.05) is 24.3 Å². The molecule has 2 aromatic heterocycles. The number of hydrogen-bond donors (Lipinski definition) is 2. The zero-order valence-corrected chi connectivity index (χ0v) is 15.9. The molecule has 0 spiro atoms. The number of para-hydroxylation sites is 1. The molecular weight excluding hydrogens is 366 g/mol. The standard InChI is InChI=1S/C18H18ClN7O/c1-10-7-11-9-25(3)17-12(5-4-6-14(17)26(11)24-10)21-13-8-15(19)22-23-16(13)18(27)20-2/h4-8H,9H2,1-3H3,(H,20,27)(H,21,22). The van der Waals surface area contributed by atoms with Gasteiger partial charge in [0.2, 0.25) is 0 Å². The Morgan fingerprint density at radius 3 is 2.81 bits per heavy atom. The predicted molar refractivity (Wildman–Crippen MR) is 104 cm³/mol. The van der Waals surface area contributed by atoms with Gasteiger partial charge in [0.25, 0.3) is 5.91 Å². The molecular formula is C18H18ClN7O. The summed E-state index contributed by atoms with van der Waals surface area (Å²) in [5, 5.41) is 18.4. The number of aryl methyl sites for hydroxylation is 1.